The van der Waals surface area contributed by atoms with Gasteiger partial charge in [-0.3, -0.25) is 4.79 Å². The second-order valence-corrected chi connectivity index (χ2v) is 4.26. The van der Waals surface area contributed by atoms with E-state index in [1.165, 1.54) is 7.11 Å². The molecule has 0 saturated carbocycles. The topological polar surface area (TPSA) is 47.6 Å². The van der Waals surface area contributed by atoms with Crippen molar-refractivity contribution >= 4 is 17.6 Å². The van der Waals surface area contributed by atoms with Gasteiger partial charge in [0.1, 0.15) is 11.8 Å². The number of hydrogen-bond acceptors (Lipinski definition) is 4. The van der Waals surface area contributed by atoms with Crippen LogP contribution in [0, 0.1) is 0 Å². The first-order valence-corrected chi connectivity index (χ1v) is 5.70. The van der Waals surface area contributed by atoms with Crippen molar-refractivity contribution in [3.63, 3.8) is 0 Å². The van der Waals surface area contributed by atoms with Crippen molar-refractivity contribution in [3.8, 4) is 5.75 Å². The van der Waals surface area contributed by atoms with Crippen LogP contribution in [0.2, 0.25) is 5.02 Å². The van der Waals surface area contributed by atoms with Gasteiger partial charge >= 0.3 is 5.97 Å². The van der Waals surface area contributed by atoms with Gasteiger partial charge in [0.2, 0.25) is 0 Å². The summed E-state index contributed by atoms with van der Waals surface area (Å²) in [5.74, 6) is 0.366. The Labute approximate surface area is 105 Å². The van der Waals surface area contributed by atoms with Crippen LogP contribution in [-0.4, -0.2) is 26.2 Å². The summed E-state index contributed by atoms with van der Waals surface area (Å²) < 4.78 is 9.89. The van der Waals surface area contributed by atoms with Crippen molar-refractivity contribution in [1.82, 2.24) is 5.32 Å². The molecule has 1 heterocycles. The van der Waals surface area contributed by atoms with Crippen molar-refractivity contribution in [2.45, 2.75) is 19.0 Å². The number of hydrogen-bond donors (Lipinski definition) is 1. The highest BCUT2D eigenvalue weighted by molar-refractivity contribution is 6.33. The van der Waals surface area contributed by atoms with E-state index in [2.05, 4.69) is 5.32 Å². The third-order valence-electron chi connectivity index (χ3n) is 2.96. The number of ether oxygens (including phenoxy) is 2. The van der Waals surface area contributed by atoms with Crippen molar-refractivity contribution in [3.05, 3.63) is 28.3 Å². The molecule has 0 amide bonds. The first-order chi connectivity index (χ1) is 8.17. The number of benzene rings is 1. The smallest absolute Gasteiger partial charge is 0.323 e. The normalized spacial score (nSPS) is 18.4. The molecule has 0 bridgehead atoms. The minimum Gasteiger partial charge on any atom is -0.495 e. The Kier molecular flexibility index (Phi) is 3.54. The zero-order chi connectivity index (χ0) is 12.4. The summed E-state index contributed by atoms with van der Waals surface area (Å²) in [6.07, 6.45) is 0.526. The quantitative estimate of drug-likeness (QED) is 0.815. The molecule has 1 aliphatic heterocycles. The average molecular weight is 256 g/mol. The summed E-state index contributed by atoms with van der Waals surface area (Å²) in [5, 5.41) is 3.70. The van der Waals surface area contributed by atoms with E-state index in [1.54, 1.807) is 7.11 Å². The molecule has 17 heavy (non-hydrogen) atoms. The Bertz CT molecular complexity index is 448. The van der Waals surface area contributed by atoms with Gasteiger partial charge in [-0.25, -0.2) is 0 Å². The molecule has 1 aliphatic rings. The lowest BCUT2D eigenvalue weighted by Crippen LogP contribution is -2.42. The predicted octanol–water partition coefficient (Wildman–Crippen LogP) is 1.54. The third kappa shape index (κ3) is 2.23. The Morgan fingerprint density at radius 3 is 2.88 bits per heavy atom. The Morgan fingerprint density at radius 1 is 1.47 bits per heavy atom. The van der Waals surface area contributed by atoms with Crippen LogP contribution in [0.3, 0.4) is 0 Å². The van der Waals surface area contributed by atoms with Gasteiger partial charge in [-0.15, -0.1) is 0 Å². The molecule has 1 unspecified atom stereocenters. The van der Waals surface area contributed by atoms with Gasteiger partial charge in [-0.2, -0.15) is 0 Å². The number of carbonyl (C=O) groups is 1. The Hall–Kier alpha value is -1.26. The van der Waals surface area contributed by atoms with Gasteiger partial charge in [0.25, 0.3) is 0 Å². The Morgan fingerprint density at radius 2 is 2.24 bits per heavy atom. The molecule has 2 rings (SSSR count). The van der Waals surface area contributed by atoms with Crippen LogP contribution in [-0.2, 0) is 22.5 Å². The maximum Gasteiger partial charge on any atom is 0.323 e. The van der Waals surface area contributed by atoms with Crippen LogP contribution in [0.4, 0.5) is 0 Å². The summed E-state index contributed by atoms with van der Waals surface area (Å²) in [6.45, 7) is 0.610. The molecular weight excluding hydrogens is 242 g/mol. The highest BCUT2D eigenvalue weighted by atomic mass is 35.5. The van der Waals surface area contributed by atoms with Gasteiger partial charge in [0, 0.05) is 13.0 Å². The molecule has 1 N–H and O–H groups in total. The van der Waals surface area contributed by atoms with E-state index in [1.807, 2.05) is 12.1 Å². The summed E-state index contributed by atoms with van der Waals surface area (Å²) in [6, 6.07) is 3.46. The first-order valence-electron chi connectivity index (χ1n) is 5.32. The molecule has 0 saturated heterocycles. The largest absolute Gasteiger partial charge is 0.495 e. The van der Waals surface area contributed by atoms with Gasteiger partial charge in [-0.1, -0.05) is 17.7 Å². The number of carbonyl (C=O) groups excluding carboxylic acids is 1. The molecule has 0 spiro atoms. The molecular formula is C12H14ClNO3. The SMILES string of the molecule is COC(=O)C1Cc2c(ccc(OC)c2Cl)CN1. The molecule has 0 aromatic heterocycles. The second-order valence-electron chi connectivity index (χ2n) is 3.88. The fourth-order valence-electron chi connectivity index (χ4n) is 2.00. The lowest BCUT2D eigenvalue weighted by molar-refractivity contribution is -0.143. The van der Waals surface area contributed by atoms with Gasteiger partial charge in [0.05, 0.1) is 19.2 Å². The van der Waals surface area contributed by atoms with Crippen LogP contribution >= 0.6 is 11.6 Å². The molecule has 0 aliphatic carbocycles. The molecule has 4 nitrogen and oxygen atoms in total. The molecule has 1 atom stereocenters. The summed E-state index contributed by atoms with van der Waals surface area (Å²) in [4.78, 5) is 11.5. The number of nitrogens with one attached hydrogen (secondary N) is 1. The lowest BCUT2D eigenvalue weighted by atomic mass is 9.95. The molecule has 5 heteroatoms. The monoisotopic (exact) mass is 255 g/mol. The van der Waals surface area contributed by atoms with Crippen molar-refractivity contribution < 1.29 is 14.3 Å². The molecule has 0 fully saturated rings. The fourth-order valence-corrected chi connectivity index (χ4v) is 2.34. The average Bonchev–Trinajstić information content (AvgIpc) is 2.38. The summed E-state index contributed by atoms with van der Waals surface area (Å²) in [7, 11) is 2.96. The standard InChI is InChI=1S/C12H14ClNO3/c1-16-10-4-3-7-6-14-9(12(15)17-2)5-8(7)11(10)13/h3-4,9,14H,5-6H2,1-2H3. The number of esters is 1. The first kappa shape index (κ1) is 12.2. The molecule has 1 aromatic rings. The van der Waals surface area contributed by atoms with Crippen LogP contribution < -0.4 is 10.1 Å². The summed E-state index contributed by atoms with van der Waals surface area (Å²) >= 11 is 6.24. The van der Waals surface area contributed by atoms with E-state index in [9.17, 15) is 4.79 Å². The maximum absolute atomic E-state index is 11.5. The fraction of sp³-hybridized carbons (Fsp3) is 0.417. The van der Waals surface area contributed by atoms with E-state index >= 15 is 0 Å². The maximum atomic E-state index is 11.5. The van der Waals surface area contributed by atoms with Crippen LogP contribution in [0.15, 0.2) is 12.1 Å². The van der Waals surface area contributed by atoms with Crippen molar-refractivity contribution in [1.29, 1.82) is 0 Å². The lowest BCUT2D eigenvalue weighted by Gasteiger charge is -2.25. The van der Waals surface area contributed by atoms with Crippen LogP contribution in [0.1, 0.15) is 11.1 Å². The van der Waals surface area contributed by atoms with Crippen molar-refractivity contribution in [2.24, 2.45) is 0 Å². The highest BCUT2D eigenvalue weighted by Crippen LogP contribution is 2.33. The number of fused-ring (bicyclic) bond motifs is 1. The number of methoxy groups -OCH3 is 2. The van der Waals surface area contributed by atoms with Crippen LogP contribution in [0.5, 0.6) is 5.75 Å². The van der Waals surface area contributed by atoms with Crippen molar-refractivity contribution in [2.75, 3.05) is 14.2 Å². The zero-order valence-electron chi connectivity index (χ0n) is 9.75. The highest BCUT2D eigenvalue weighted by Gasteiger charge is 2.27. The van der Waals surface area contributed by atoms with Gasteiger partial charge in [-0.05, 0) is 17.2 Å². The van der Waals surface area contributed by atoms with E-state index < -0.39 is 0 Å². The van der Waals surface area contributed by atoms with E-state index in [0.717, 1.165) is 11.1 Å². The predicted molar refractivity (Wildman–Crippen MR) is 64.4 cm³/mol. The van der Waals surface area contributed by atoms with E-state index in [0.29, 0.717) is 23.7 Å². The van der Waals surface area contributed by atoms with Crippen LogP contribution in [0.25, 0.3) is 0 Å². The van der Waals surface area contributed by atoms with E-state index in [4.69, 9.17) is 21.1 Å². The Balaban J connectivity index is 2.32. The second kappa shape index (κ2) is 4.94. The molecule has 1 aromatic carbocycles. The summed E-state index contributed by atoms with van der Waals surface area (Å²) in [5.41, 5.74) is 2.05. The minimum atomic E-state index is -0.336. The zero-order valence-corrected chi connectivity index (χ0v) is 10.5. The van der Waals surface area contributed by atoms with E-state index in [-0.39, 0.29) is 12.0 Å². The molecule has 0 radical (unpaired) electrons. The molecule has 92 valence electrons. The van der Waals surface area contributed by atoms with Gasteiger partial charge < -0.3 is 14.8 Å². The van der Waals surface area contributed by atoms with Gasteiger partial charge in [0.15, 0.2) is 0 Å². The minimum absolute atomic E-state index is 0.269. The number of rotatable bonds is 2. The number of halogens is 1. The third-order valence-corrected chi connectivity index (χ3v) is 3.37.